The van der Waals surface area contributed by atoms with Crippen molar-refractivity contribution < 1.29 is 0 Å². The molecule has 0 saturated heterocycles. The van der Waals surface area contributed by atoms with Crippen LogP contribution in [-0.4, -0.2) is 16.2 Å². The summed E-state index contributed by atoms with van der Waals surface area (Å²) in [6, 6.07) is 20.3. The van der Waals surface area contributed by atoms with Crippen molar-refractivity contribution in [2.75, 3.05) is 6.26 Å². The minimum absolute atomic E-state index is 0.773. The lowest BCUT2D eigenvalue weighted by atomic mass is 10.1. The number of rotatable bonds is 3. The molecule has 0 aliphatic heterocycles. The predicted octanol–water partition coefficient (Wildman–Crippen LogP) is 4.53. The summed E-state index contributed by atoms with van der Waals surface area (Å²) in [5, 5.41) is 1.00. The molecule has 3 rings (SSSR count). The first-order valence-electron chi connectivity index (χ1n) is 6.40. The van der Waals surface area contributed by atoms with E-state index in [1.165, 1.54) is 0 Å². The fourth-order valence-corrected chi connectivity index (χ4v) is 2.63. The molecular formula is C17H14N2S. The summed E-state index contributed by atoms with van der Waals surface area (Å²) in [5.74, 6) is 0.773. The van der Waals surface area contributed by atoms with Crippen LogP contribution in [0.4, 0.5) is 0 Å². The van der Waals surface area contributed by atoms with Gasteiger partial charge in [0.1, 0.15) is 5.03 Å². The number of aromatic nitrogens is 2. The van der Waals surface area contributed by atoms with Gasteiger partial charge in [-0.25, -0.2) is 9.97 Å². The van der Waals surface area contributed by atoms with E-state index in [1.807, 2.05) is 61.0 Å². The first kappa shape index (κ1) is 12.9. The summed E-state index contributed by atoms with van der Waals surface area (Å²) in [6.45, 7) is 0. The van der Waals surface area contributed by atoms with Crippen molar-refractivity contribution in [2.45, 2.75) is 5.03 Å². The molecule has 1 aromatic heterocycles. The quantitative estimate of drug-likeness (QED) is 0.520. The van der Waals surface area contributed by atoms with Gasteiger partial charge >= 0.3 is 0 Å². The lowest BCUT2D eigenvalue weighted by Gasteiger charge is -2.08. The number of hydrogen-bond donors (Lipinski definition) is 0. The number of benzene rings is 2. The zero-order valence-corrected chi connectivity index (χ0v) is 12.0. The van der Waals surface area contributed by atoms with E-state index >= 15 is 0 Å². The maximum atomic E-state index is 4.69. The second kappa shape index (κ2) is 5.88. The van der Waals surface area contributed by atoms with Gasteiger partial charge in [0.25, 0.3) is 0 Å². The summed E-state index contributed by atoms with van der Waals surface area (Å²) < 4.78 is 0. The lowest BCUT2D eigenvalue weighted by molar-refractivity contribution is 1.07. The summed E-state index contributed by atoms with van der Waals surface area (Å²) in [7, 11) is 0. The van der Waals surface area contributed by atoms with Gasteiger partial charge in [0, 0.05) is 17.3 Å². The van der Waals surface area contributed by atoms with Crippen LogP contribution in [0.5, 0.6) is 0 Å². The Kier molecular flexibility index (Phi) is 3.79. The highest BCUT2D eigenvalue weighted by Gasteiger charge is 2.09. The van der Waals surface area contributed by atoms with Gasteiger partial charge in [0.2, 0.25) is 0 Å². The lowest BCUT2D eigenvalue weighted by Crippen LogP contribution is -1.94. The van der Waals surface area contributed by atoms with Gasteiger partial charge in [-0.05, 0) is 11.8 Å². The van der Waals surface area contributed by atoms with Crippen molar-refractivity contribution >= 4 is 11.8 Å². The SMILES string of the molecule is CSc1nc(-c2ccccc2)ncc1-c1ccccc1. The van der Waals surface area contributed by atoms with E-state index < -0.39 is 0 Å². The molecule has 20 heavy (non-hydrogen) atoms. The van der Waals surface area contributed by atoms with Crippen LogP contribution >= 0.6 is 11.8 Å². The van der Waals surface area contributed by atoms with Crippen molar-refractivity contribution in [3.8, 4) is 22.5 Å². The van der Waals surface area contributed by atoms with Crippen molar-refractivity contribution in [2.24, 2.45) is 0 Å². The summed E-state index contributed by atoms with van der Waals surface area (Å²) >= 11 is 1.65. The first-order chi connectivity index (χ1) is 9.88. The first-order valence-corrected chi connectivity index (χ1v) is 7.63. The zero-order valence-electron chi connectivity index (χ0n) is 11.2. The standard InChI is InChI=1S/C17H14N2S/c1-20-17-15(13-8-4-2-5-9-13)12-18-16(19-17)14-10-6-3-7-11-14/h2-12H,1H3. The molecule has 0 saturated carbocycles. The summed E-state index contributed by atoms with van der Waals surface area (Å²) in [6.07, 6.45) is 3.96. The molecule has 0 bridgehead atoms. The Hall–Kier alpha value is -2.13. The molecule has 3 aromatic rings. The van der Waals surface area contributed by atoms with Crippen LogP contribution in [-0.2, 0) is 0 Å². The molecule has 0 aliphatic rings. The van der Waals surface area contributed by atoms with Gasteiger partial charge in [0.15, 0.2) is 5.82 Å². The van der Waals surface area contributed by atoms with Gasteiger partial charge in [-0.2, -0.15) is 0 Å². The molecule has 98 valence electrons. The molecule has 2 nitrogen and oxygen atoms in total. The molecule has 1 heterocycles. The van der Waals surface area contributed by atoms with E-state index in [0.717, 1.165) is 27.5 Å². The van der Waals surface area contributed by atoms with Crippen molar-refractivity contribution in [1.29, 1.82) is 0 Å². The van der Waals surface area contributed by atoms with E-state index in [1.54, 1.807) is 11.8 Å². The number of thioether (sulfide) groups is 1. The Bertz CT molecular complexity index is 697. The maximum absolute atomic E-state index is 4.69. The fraction of sp³-hybridized carbons (Fsp3) is 0.0588. The number of nitrogens with zero attached hydrogens (tertiary/aromatic N) is 2. The Morgan fingerprint density at radius 2 is 1.40 bits per heavy atom. The third-order valence-electron chi connectivity index (χ3n) is 3.06. The van der Waals surface area contributed by atoms with E-state index in [2.05, 4.69) is 22.1 Å². The van der Waals surface area contributed by atoms with Crippen LogP contribution in [0.25, 0.3) is 22.5 Å². The Labute approximate surface area is 122 Å². The molecule has 0 amide bonds. The van der Waals surface area contributed by atoms with Crippen LogP contribution in [0, 0.1) is 0 Å². The summed E-state index contributed by atoms with van der Waals surface area (Å²) in [4.78, 5) is 9.20. The van der Waals surface area contributed by atoms with Crippen LogP contribution in [0.15, 0.2) is 71.9 Å². The molecule has 0 atom stereocenters. The minimum Gasteiger partial charge on any atom is -0.236 e. The Morgan fingerprint density at radius 3 is 2.00 bits per heavy atom. The highest BCUT2D eigenvalue weighted by Crippen LogP contribution is 2.29. The molecule has 0 spiro atoms. The zero-order chi connectivity index (χ0) is 13.8. The summed E-state index contributed by atoms with van der Waals surface area (Å²) in [5.41, 5.74) is 3.27. The highest BCUT2D eigenvalue weighted by molar-refractivity contribution is 7.98. The van der Waals surface area contributed by atoms with E-state index in [9.17, 15) is 0 Å². The highest BCUT2D eigenvalue weighted by atomic mass is 32.2. The van der Waals surface area contributed by atoms with Gasteiger partial charge in [-0.1, -0.05) is 60.7 Å². The van der Waals surface area contributed by atoms with E-state index in [0.29, 0.717) is 0 Å². The number of hydrogen-bond acceptors (Lipinski definition) is 3. The van der Waals surface area contributed by atoms with Crippen LogP contribution in [0.3, 0.4) is 0 Å². The van der Waals surface area contributed by atoms with E-state index in [4.69, 9.17) is 0 Å². The average Bonchev–Trinajstić information content (AvgIpc) is 2.56. The van der Waals surface area contributed by atoms with Gasteiger partial charge < -0.3 is 0 Å². The fourth-order valence-electron chi connectivity index (χ4n) is 2.06. The van der Waals surface area contributed by atoms with Gasteiger partial charge in [-0.3, -0.25) is 0 Å². The van der Waals surface area contributed by atoms with Crippen LogP contribution in [0.1, 0.15) is 0 Å². The van der Waals surface area contributed by atoms with Crippen LogP contribution < -0.4 is 0 Å². The molecule has 0 aliphatic carbocycles. The Morgan fingerprint density at radius 1 is 0.800 bits per heavy atom. The predicted molar refractivity (Wildman–Crippen MR) is 84.7 cm³/mol. The van der Waals surface area contributed by atoms with Crippen molar-refractivity contribution in [1.82, 2.24) is 9.97 Å². The van der Waals surface area contributed by atoms with Crippen molar-refractivity contribution in [3.63, 3.8) is 0 Å². The molecule has 0 N–H and O–H groups in total. The third-order valence-corrected chi connectivity index (χ3v) is 3.76. The van der Waals surface area contributed by atoms with Gasteiger partial charge in [0.05, 0.1) is 0 Å². The second-order valence-corrected chi connectivity index (χ2v) is 5.14. The molecule has 0 fully saturated rings. The normalized spacial score (nSPS) is 10.4. The maximum Gasteiger partial charge on any atom is 0.160 e. The Balaban J connectivity index is 2.07. The molecule has 2 aromatic carbocycles. The molecular weight excluding hydrogens is 264 g/mol. The van der Waals surface area contributed by atoms with Crippen molar-refractivity contribution in [3.05, 3.63) is 66.9 Å². The average molecular weight is 278 g/mol. The van der Waals surface area contributed by atoms with Crippen LogP contribution in [0.2, 0.25) is 0 Å². The minimum atomic E-state index is 0.773. The molecule has 3 heteroatoms. The monoisotopic (exact) mass is 278 g/mol. The third kappa shape index (κ3) is 2.58. The largest absolute Gasteiger partial charge is 0.236 e. The van der Waals surface area contributed by atoms with Gasteiger partial charge in [-0.15, -0.1) is 11.8 Å². The van der Waals surface area contributed by atoms with E-state index in [-0.39, 0.29) is 0 Å². The second-order valence-electron chi connectivity index (χ2n) is 4.35. The molecule has 0 radical (unpaired) electrons. The molecule has 0 unspecified atom stereocenters. The topological polar surface area (TPSA) is 25.8 Å². The smallest absolute Gasteiger partial charge is 0.160 e.